The lowest BCUT2D eigenvalue weighted by molar-refractivity contribution is -0.134. The van der Waals surface area contributed by atoms with Crippen molar-refractivity contribution in [3.63, 3.8) is 0 Å². The lowest BCUT2D eigenvalue weighted by Gasteiger charge is -2.22. The van der Waals surface area contributed by atoms with Crippen molar-refractivity contribution in [1.82, 2.24) is 20.9 Å². The number of carbonyl (C=O) groups is 4. The predicted molar refractivity (Wildman–Crippen MR) is 91.7 cm³/mol. The first kappa shape index (κ1) is 19.2. The number of urea groups is 2. The van der Waals surface area contributed by atoms with Crippen molar-refractivity contribution in [2.75, 3.05) is 6.54 Å². The Morgan fingerprint density at radius 3 is 2.52 bits per heavy atom. The van der Waals surface area contributed by atoms with Gasteiger partial charge in [-0.05, 0) is 38.5 Å². The fourth-order valence-electron chi connectivity index (χ4n) is 3.24. The van der Waals surface area contributed by atoms with Crippen LogP contribution in [0.15, 0.2) is 0 Å². The second-order valence-corrected chi connectivity index (χ2v) is 7.59. The molecular formula is C17H28N4O4. The van der Waals surface area contributed by atoms with Crippen molar-refractivity contribution in [3.05, 3.63) is 0 Å². The van der Waals surface area contributed by atoms with Crippen LogP contribution in [0.4, 0.5) is 9.59 Å². The summed E-state index contributed by atoms with van der Waals surface area (Å²) in [6.07, 6.45) is 5.24. The van der Waals surface area contributed by atoms with Gasteiger partial charge in [0.25, 0.3) is 5.91 Å². The predicted octanol–water partition coefficient (Wildman–Crippen LogP) is 1.50. The summed E-state index contributed by atoms with van der Waals surface area (Å²) in [5.41, 5.74) is -0.992. The van der Waals surface area contributed by atoms with Crippen LogP contribution in [0.25, 0.3) is 0 Å². The minimum Gasteiger partial charge on any atom is -0.335 e. The van der Waals surface area contributed by atoms with Crippen LogP contribution in [-0.2, 0) is 9.59 Å². The molecule has 1 aliphatic heterocycles. The zero-order chi connectivity index (χ0) is 18.6. The molecule has 3 N–H and O–H groups in total. The van der Waals surface area contributed by atoms with Gasteiger partial charge in [-0.1, -0.05) is 26.7 Å². The van der Waals surface area contributed by atoms with Crippen LogP contribution in [-0.4, -0.2) is 46.9 Å². The number of carbonyl (C=O) groups excluding carboxylic acids is 4. The molecule has 0 radical (unpaired) electrons. The van der Waals surface area contributed by atoms with Gasteiger partial charge < -0.3 is 10.6 Å². The Hall–Kier alpha value is -2.12. The standard InChI is InChI=1S/C17H28N4O4/c1-11(2)8-9-17(3)14(23)21(16(25)20-17)10-13(22)19-15(24)18-12-6-4-5-7-12/h11-12H,4-10H2,1-3H3,(H,20,25)(H2,18,19,22,24)/t17-/m1/s1. The van der Waals surface area contributed by atoms with E-state index in [0.29, 0.717) is 12.3 Å². The molecule has 8 nitrogen and oxygen atoms in total. The van der Waals surface area contributed by atoms with Gasteiger partial charge in [-0.25, -0.2) is 9.59 Å². The zero-order valence-corrected chi connectivity index (χ0v) is 15.2. The number of hydrogen-bond acceptors (Lipinski definition) is 4. The highest BCUT2D eigenvalue weighted by Crippen LogP contribution is 2.24. The molecule has 1 saturated carbocycles. The van der Waals surface area contributed by atoms with E-state index in [4.69, 9.17) is 0 Å². The van der Waals surface area contributed by atoms with E-state index in [0.717, 1.165) is 37.0 Å². The first-order valence-corrected chi connectivity index (χ1v) is 8.96. The molecule has 0 bridgehead atoms. The van der Waals surface area contributed by atoms with Crippen molar-refractivity contribution in [1.29, 1.82) is 0 Å². The molecule has 0 aromatic heterocycles. The van der Waals surface area contributed by atoms with Gasteiger partial charge in [0.1, 0.15) is 12.1 Å². The van der Waals surface area contributed by atoms with E-state index in [2.05, 4.69) is 16.0 Å². The molecule has 8 heteroatoms. The van der Waals surface area contributed by atoms with Gasteiger partial charge in [-0.15, -0.1) is 0 Å². The number of nitrogens with zero attached hydrogens (tertiary/aromatic N) is 1. The van der Waals surface area contributed by atoms with Gasteiger partial charge in [0.05, 0.1) is 0 Å². The SMILES string of the molecule is CC(C)CC[C@@]1(C)NC(=O)N(CC(=O)NC(=O)NC2CCCC2)C1=O. The van der Waals surface area contributed by atoms with E-state index in [1.54, 1.807) is 6.92 Å². The molecule has 2 rings (SSSR count). The topological polar surface area (TPSA) is 108 Å². The highest BCUT2D eigenvalue weighted by atomic mass is 16.2. The second kappa shape index (κ2) is 7.84. The minimum absolute atomic E-state index is 0.0869. The molecule has 6 amide bonds. The van der Waals surface area contributed by atoms with Crippen LogP contribution in [0.1, 0.15) is 59.3 Å². The van der Waals surface area contributed by atoms with E-state index < -0.39 is 36.0 Å². The van der Waals surface area contributed by atoms with Gasteiger partial charge in [0.15, 0.2) is 0 Å². The van der Waals surface area contributed by atoms with Crippen molar-refractivity contribution in [2.45, 2.75) is 70.9 Å². The lowest BCUT2D eigenvalue weighted by Crippen LogP contribution is -2.49. The molecular weight excluding hydrogens is 324 g/mol. The molecule has 1 aliphatic carbocycles. The Morgan fingerprint density at radius 2 is 1.92 bits per heavy atom. The van der Waals surface area contributed by atoms with E-state index in [9.17, 15) is 19.2 Å². The molecule has 0 aromatic rings. The molecule has 140 valence electrons. The van der Waals surface area contributed by atoms with Gasteiger partial charge in [0, 0.05) is 6.04 Å². The summed E-state index contributed by atoms with van der Waals surface area (Å²) in [6, 6.07) is -1.09. The summed E-state index contributed by atoms with van der Waals surface area (Å²) in [5, 5.41) is 7.58. The maximum Gasteiger partial charge on any atom is 0.325 e. The molecule has 0 spiro atoms. The van der Waals surface area contributed by atoms with Crippen LogP contribution in [0, 0.1) is 5.92 Å². The highest BCUT2D eigenvalue weighted by Gasteiger charge is 2.47. The van der Waals surface area contributed by atoms with Crippen molar-refractivity contribution in [2.24, 2.45) is 5.92 Å². The van der Waals surface area contributed by atoms with Crippen LogP contribution in [0.3, 0.4) is 0 Å². The second-order valence-electron chi connectivity index (χ2n) is 7.59. The van der Waals surface area contributed by atoms with Crippen LogP contribution in [0.2, 0.25) is 0 Å². The summed E-state index contributed by atoms with van der Waals surface area (Å²) < 4.78 is 0. The third-order valence-electron chi connectivity index (χ3n) is 4.81. The van der Waals surface area contributed by atoms with E-state index >= 15 is 0 Å². The van der Waals surface area contributed by atoms with E-state index in [-0.39, 0.29) is 6.04 Å². The average Bonchev–Trinajstić information content (AvgIpc) is 3.08. The van der Waals surface area contributed by atoms with E-state index in [1.807, 2.05) is 13.8 Å². The Bertz CT molecular complexity index is 557. The van der Waals surface area contributed by atoms with Crippen LogP contribution in [0.5, 0.6) is 0 Å². The maximum atomic E-state index is 12.5. The summed E-state index contributed by atoms with van der Waals surface area (Å²) in [4.78, 5) is 49.3. The fourth-order valence-corrected chi connectivity index (χ4v) is 3.24. The van der Waals surface area contributed by atoms with Gasteiger partial charge in [-0.2, -0.15) is 0 Å². The van der Waals surface area contributed by atoms with Crippen LogP contribution >= 0.6 is 0 Å². The average molecular weight is 352 g/mol. The number of hydrogen-bond donors (Lipinski definition) is 3. The summed E-state index contributed by atoms with van der Waals surface area (Å²) in [5.74, 6) is -0.699. The van der Waals surface area contributed by atoms with E-state index in [1.165, 1.54) is 0 Å². The Kier molecular flexibility index (Phi) is 6.02. The van der Waals surface area contributed by atoms with Gasteiger partial charge in [-0.3, -0.25) is 19.8 Å². The molecule has 0 unspecified atom stereocenters. The summed E-state index contributed by atoms with van der Waals surface area (Å²) >= 11 is 0. The molecule has 1 heterocycles. The fraction of sp³-hybridized carbons (Fsp3) is 0.765. The lowest BCUT2D eigenvalue weighted by atomic mass is 9.92. The smallest absolute Gasteiger partial charge is 0.325 e. The molecule has 1 atom stereocenters. The van der Waals surface area contributed by atoms with Crippen LogP contribution < -0.4 is 16.0 Å². The molecule has 1 saturated heterocycles. The number of rotatable bonds is 6. The van der Waals surface area contributed by atoms with Gasteiger partial charge >= 0.3 is 12.1 Å². The molecule has 2 aliphatic rings. The first-order chi connectivity index (χ1) is 11.7. The highest BCUT2D eigenvalue weighted by molar-refractivity contribution is 6.09. The Balaban J connectivity index is 1.86. The molecule has 0 aromatic carbocycles. The third kappa shape index (κ3) is 4.93. The minimum atomic E-state index is -0.992. The van der Waals surface area contributed by atoms with Gasteiger partial charge in [0.2, 0.25) is 5.91 Å². The zero-order valence-electron chi connectivity index (χ0n) is 15.2. The number of amides is 6. The Morgan fingerprint density at radius 1 is 1.28 bits per heavy atom. The quantitative estimate of drug-likeness (QED) is 0.630. The number of nitrogens with one attached hydrogen (secondary N) is 3. The Labute approximate surface area is 148 Å². The summed E-state index contributed by atoms with van der Waals surface area (Å²) in [7, 11) is 0. The summed E-state index contributed by atoms with van der Waals surface area (Å²) in [6.45, 7) is 5.29. The molecule has 25 heavy (non-hydrogen) atoms. The largest absolute Gasteiger partial charge is 0.335 e. The first-order valence-electron chi connectivity index (χ1n) is 8.96. The maximum absolute atomic E-state index is 12.5. The third-order valence-corrected chi connectivity index (χ3v) is 4.81. The van der Waals surface area contributed by atoms with Crippen molar-refractivity contribution >= 4 is 23.9 Å². The monoisotopic (exact) mass is 352 g/mol. The molecule has 2 fully saturated rings. The van der Waals surface area contributed by atoms with Crippen molar-refractivity contribution < 1.29 is 19.2 Å². The normalized spacial score (nSPS) is 23.9. The van der Waals surface area contributed by atoms with Crippen molar-refractivity contribution in [3.8, 4) is 0 Å². The number of imide groups is 2.